The molecule has 1 aromatic rings. The van der Waals surface area contributed by atoms with Crippen molar-refractivity contribution in [3.8, 4) is 5.75 Å². The van der Waals surface area contributed by atoms with Gasteiger partial charge in [0.15, 0.2) is 0 Å². The minimum Gasteiger partial charge on any atom is -0.433 e. The highest BCUT2D eigenvalue weighted by molar-refractivity contribution is 7.89. The summed E-state index contributed by atoms with van der Waals surface area (Å²) in [5.74, 6) is -0.261. The smallest absolute Gasteiger partial charge is 0.387 e. The monoisotopic (exact) mass is 362 g/mol. The Morgan fingerprint density at radius 2 is 2.14 bits per heavy atom. The predicted molar refractivity (Wildman–Crippen MR) is 76.9 cm³/mol. The van der Waals surface area contributed by atoms with Gasteiger partial charge in [-0.3, -0.25) is 0 Å². The molecule has 2 rings (SSSR count). The normalized spacial score (nSPS) is 18.6. The van der Waals surface area contributed by atoms with Crippen LogP contribution >= 0.6 is 24.0 Å². The minimum absolute atomic E-state index is 0. The van der Waals surface area contributed by atoms with Crippen molar-refractivity contribution in [1.29, 1.82) is 0 Å². The Labute approximate surface area is 132 Å². The Hall–Kier alpha value is -0.670. The second kappa shape index (κ2) is 7.55. The third-order valence-electron chi connectivity index (χ3n) is 2.81. The largest absolute Gasteiger partial charge is 0.433 e. The lowest BCUT2D eigenvalue weighted by Crippen LogP contribution is -2.36. The summed E-state index contributed by atoms with van der Waals surface area (Å²) in [5.41, 5.74) is 0. The van der Waals surface area contributed by atoms with E-state index in [0.717, 1.165) is 18.7 Å². The lowest BCUT2D eigenvalue weighted by atomic mass is 10.3. The fraction of sp³-hybridized carbons (Fsp3) is 0.455. The van der Waals surface area contributed by atoms with Crippen LogP contribution in [0.2, 0.25) is 5.02 Å². The molecule has 1 atom stereocenters. The Kier molecular flexibility index (Phi) is 6.61. The zero-order valence-corrected chi connectivity index (χ0v) is 13.1. The molecular weight excluding hydrogens is 349 g/mol. The number of halogens is 4. The third kappa shape index (κ3) is 4.93. The van der Waals surface area contributed by atoms with E-state index in [1.165, 1.54) is 6.07 Å². The number of hydrogen-bond acceptors (Lipinski definition) is 4. The summed E-state index contributed by atoms with van der Waals surface area (Å²) in [4.78, 5) is -0.0870. The first kappa shape index (κ1) is 18.4. The molecule has 10 heteroatoms. The van der Waals surface area contributed by atoms with Crippen molar-refractivity contribution in [2.75, 3.05) is 13.1 Å². The molecule has 0 bridgehead atoms. The lowest BCUT2D eigenvalue weighted by Gasteiger charge is -2.13. The first-order valence-electron chi connectivity index (χ1n) is 5.86. The summed E-state index contributed by atoms with van der Waals surface area (Å²) in [6.45, 7) is -1.72. The van der Waals surface area contributed by atoms with Gasteiger partial charge in [-0.1, -0.05) is 11.6 Å². The molecule has 120 valence electrons. The summed E-state index contributed by atoms with van der Waals surface area (Å²) < 4.78 is 55.0. The lowest BCUT2D eigenvalue weighted by molar-refractivity contribution is -0.0498. The van der Waals surface area contributed by atoms with Crippen molar-refractivity contribution in [3.05, 3.63) is 23.2 Å². The first-order chi connectivity index (χ1) is 9.38. The standard InChI is InChI=1S/C11H13ClF2N2O3S.ClH/c12-9-5-8(1-2-10(9)19-11(13)14)20(17,18)16-7-3-4-15-6-7;/h1-2,5,7,11,15-16H,3-4,6H2;1H. The topological polar surface area (TPSA) is 67.4 Å². The van der Waals surface area contributed by atoms with Gasteiger partial charge in [0, 0.05) is 12.6 Å². The van der Waals surface area contributed by atoms with Crippen LogP contribution < -0.4 is 14.8 Å². The van der Waals surface area contributed by atoms with E-state index in [-0.39, 0.29) is 34.1 Å². The van der Waals surface area contributed by atoms with Gasteiger partial charge in [0.25, 0.3) is 0 Å². The molecule has 1 heterocycles. The van der Waals surface area contributed by atoms with Crippen LogP contribution in [0.5, 0.6) is 5.75 Å². The molecule has 1 saturated heterocycles. The molecular formula is C11H14Cl2F2N2O3S. The van der Waals surface area contributed by atoms with Crippen molar-refractivity contribution in [1.82, 2.24) is 10.0 Å². The van der Waals surface area contributed by atoms with E-state index in [1.807, 2.05) is 0 Å². The van der Waals surface area contributed by atoms with Gasteiger partial charge in [-0.25, -0.2) is 13.1 Å². The maximum absolute atomic E-state index is 12.1. The van der Waals surface area contributed by atoms with E-state index in [2.05, 4.69) is 14.8 Å². The summed E-state index contributed by atoms with van der Waals surface area (Å²) >= 11 is 5.73. The van der Waals surface area contributed by atoms with Gasteiger partial charge in [0.05, 0.1) is 9.92 Å². The Bertz CT molecular complexity index is 581. The van der Waals surface area contributed by atoms with Gasteiger partial charge in [0.1, 0.15) is 5.75 Å². The molecule has 1 aromatic carbocycles. The molecule has 0 saturated carbocycles. The molecule has 0 spiro atoms. The molecule has 21 heavy (non-hydrogen) atoms. The van der Waals surface area contributed by atoms with Gasteiger partial charge in [0.2, 0.25) is 10.0 Å². The summed E-state index contributed by atoms with van der Waals surface area (Å²) in [5, 5.41) is 2.85. The van der Waals surface area contributed by atoms with E-state index >= 15 is 0 Å². The molecule has 5 nitrogen and oxygen atoms in total. The molecule has 0 aliphatic carbocycles. The first-order valence-corrected chi connectivity index (χ1v) is 7.72. The minimum atomic E-state index is -3.73. The maximum atomic E-state index is 12.1. The average Bonchev–Trinajstić information content (AvgIpc) is 2.83. The average molecular weight is 363 g/mol. The third-order valence-corrected chi connectivity index (χ3v) is 4.63. The highest BCUT2D eigenvalue weighted by Crippen LogP contribution is 2.28. The quantitative estimate of drug-likeness (QED) is 0.840. The van der Waals surface area contributed by atoms with E-state index in [9.17, 15) is 17.2 Å². The Morgan fingerprint density at radius 3 is 2.67 bits per heavy atom. The number of alkyl halides is 2. The number of benzene rings is 1. The van der Waals surface area contributed by atoms with Gasteiger partial charge in [-0.2, -0.15) is 8.78 Å². The molecule has 1 aliphatic rings. The van der Waals surface area contributed by atoms with E-state index in [1.54, 1.807) is 0 Å². The SMILES string of the molecule is Cl.O=S(=O)(NC1CCNC1)c1ccc(OC(F)F)c(Cl)c1. The number of nitrogens with one attached hydrogen (secondary N) is 2. The van der Waals surface area contributed by atoms with Crippen LogP contribution in [-0.4, -0.2) is 34.2 Å². The second-order valence-corrected chi connectivity index (χ2v) is 6.40. The van der Waals surface area contributed by atoms with Crippen LogP contribution in [0.3, 0.4) is 0 Å². The van der Waals surface area contributed by atoms with Crippen LogP contribution in [0.1, 0.15) is 6.42 Å². The van der Waals surface area contributed by atoms with Gasteiger partial charge in [-0.05, 0) is 31.2 Å². The van der Waals surface area contributed by atoms with E-state index in [4.69, 9.17) is 11.6 Å². The van der Waals surface area contributed by atoms with Crippen molar-refractivity contribution in [3.63, 3.8) is 0 Å². The maximum Gasteiger partial charge on any atom is 0.387 e. The van der Waals surface area contributed by atoms with Crippen LogP contribution in [0, 0.1) is 0 Å². The molecule has 0 aromatic heterocycles. The highest BCUT2D eigenvalue weighted by atomic mass is 35.5. The Morgan fingerprint density at radius 1 is 1.43 bits per heavy atom. The van der Waals surface area contributed by atoms with Crippen molar-refractivity contribution < 1.29 is 21.9 Å². The number of ether oxygens (including phenoxy) is 1. The summed E-state index contributed by atoms with van der Waals surface area (Å²) in [7, 11) is -3.73. The summed E-state index contributed by atoms with van der Waals surface area (Å²) in [6.07, 6.45) is 0.694. The molecule has 0 amide bonds. The second-order valence-electron chi connectivity index (χ2n) is 4.28. The number of rotatable bonds is 5. The zero-order chi connectivity index (χ0) is 14.8. The van der Waals surface area contributed by atoms with Crippen LogP contribution in [0.25, 0.3) is 0 Å². The molecule has 1 unspecified atom stereocenters. The highest BCUT2D eigenvalue weighted by Gasteiger charge is 2.23. The van der Waals surface area contributed by atoms with Crippen molar-refractivity contribution in [2.45, 2.75) is 24.0 Å². The van der Waals surface area contributed by atoms with Crippen molar-refractivity contribution in [2.24, 2.45) is 0 Å². The number of sulfonamides is 1. The molecule has 2 N–H and O–H groups in total. The van der Waals surface area contributed by atoms with Gasteiger partial charge < -0.3 is 10.1 Å². The predicted octanol–water partition coefficient (Wildman–Crippen LogP) is 2.00. The van der Waals surface area contributed by atoms with Gasteiger partial charge in [-0.15, -0.1) is 12.4 Å². The summed E-state index contributed by atoms with van der Waals surface area (Å²) in [6, 6.07) is 3.18. The number of hydrogen-bond donors (Lipinski definition) is 2. The van der Waals surface area contributed by atoms with Crippen molar-refractivity contribution >= 4 is 34.0 Å². The zero-order valence-electron chi connectivity index (χ0n) is 10.7. The molecule has 1 aliphatic heterocycles. The molecule has 1 fully saturated rings. The van der Waals surface area contributed by atoms with Crippen LogP contribution in [0.15, 0.2) is 23.1 Å². The fourth-order valence-electron chi connectivity index (χ4n) is 1.88. The Balaban J connectivity index is 0.00000220. The molecule has 0 radical (unpaired) electrons. The van der Waals surface area contributed by atoms with Crippen LogP contribution in [0.4, 0.5) is 8.78 Å². The van der Waals surface area contributed by atoms with Gasteiger partial charge >= 0.3 is 6.61 Å². The van der Waals surface area contributed by atoms with E-state index in [0.29, 0.717) is 13.0 Å². The fourth-order valence-corrected chi connectivity index (χ4v) is 3.47. The van der Waals surface area contributed by atoms with Crippen LogP contribution in [-0.2, 0) is 10.0 Å². The van der Waals surface area contributed by atoms with E-state index < -0.39 is 16.6 Å².